The van der Waals surface area contributed by atoms with Gasteiger partial charge in [0.15, 0.2) is 0 Å². The molecule has 1 N–H and O–H groups in total. The summed E-state index contributed by atoms with van der Waals surface area (Å²) < 4.78 is 0.837. The predicted octanol–water partition coefficient (Wildman–Crippen LogP) is 0.734. The fourth-order valence-electron chi connectivity index (χ4n) is 1.15. The Kier molecular flexibility index (Phi) is 1.76. The molecule has 0 amide bonds. The Bertz CT molecular complexity index is 428. The molecule has 2 nitrogen and oxygen atoms in total. The molecular formula is C9H6AlNO. The molecule has 0 fully saturated rings. The molecule has 1 heterocycles. The van der Waals surface area contributed by atoms with Crippen LogP contribution in [-0.2, 0) is 0 Å². The average molecular weight is 171 g/mol. The minimum atomic E-state index is 0.233. The van der Waals surface area contributed by atoms with E-state index in [1.807, 2.05) is 24.3 Å². The molecule has 1 aromatic heterocycles. The standard InChI is InChI=1S/C9H6NO.Al/c11-8-5-1-3-7-4-2-6-10-9(7)8;/h1-5,11H;. The van der Waals surface area contributed by atoms with Crippen LogP contribution in [0.2, 0.25) is 0 Å². The van der Waals surface area contributed by atoms with Gasteiger partial charge in [0, 0.05) is 5.39 Å². The van der Waals surface area contributed by atoms with E-state index in [2.05, 4.69) is 21.3 Å². The molecule has 0 spiro atoms. The Morgan fingerprint density at radius 3 is 2.83 bits per heavy atom. The number of rotatable bonds is 0. The molecule has 0 aliphatic carbocycles. The van der Waals surface area contributed by atoms with Crippen LogP contribution in [-0.4, -0.2) is 26.4 Å². The summed E-state index contributed by atoms with van der Waals surface area (Å²) in [5.74, 6) is 0.233. The van der Waals surface area contributed by atoms with Gasteiger partial charge in [0.05, 0.1) is 0 Å². The van der Waals surface area contributed by atoms with Crippen molar-refractivity contribution in [1.82, 2.24) is 4.98 Å². The van der Waals surface area contributed by atoms with Gasteiger partial charge < -0.3 is 5.11 Å². The third-order valence-electron chi connectivity index (χ3n) is 1.72. The highest BCUT2D eigenvalue weighted by molar-refractivity contribution is 6.31. The lowest BCUT2D eigenvalue weighted by molar-refractivity contribution is 0.480. The minimum absolute atomic E-state index is 0.233. The van der Waals surface area contributed by atoms with Gasteiger partial charge in [-0.3, -0.25) is 4.98 Å². The predicted molar refractivity (Wildman–Crippen MR) is 48.8 cm³/mol. The number of benzene rings is 1. The first-order valence-electron chi connectivity index (χ1n) is 3.61. The zero-order chi connectivity index (χ0) is 8.55. The number of fused-ring (bicyclic) bond motifs is 1. The maximum atomic E-state index is 9.42. The number of hydrogen-bond acceptors (Lipinski definition) is 2. The van der Waals surface area contributed by atoms with Crippen molar-refractivity contribution >= 4 is 31.7 Å². The zero-order valence-electron chi connectivity index (χ0n) is 6.36. The molecular weight excluding hydrogens is 165 g/mol. The Morgan fingerprint density at radius 1 is 1.17 bits per heavy atom. The summed E-state index contributed by atoms with van der Waals surface area (Å²) in [6.07, 6.45) is 0. The summed E-state index contributed by atoms with van der Waals surface area (Å²) in [5.41, 5.74) is 0.657. The van der Waals surface area contributed by atoms with Gasteiger partial charge in [-0.05, 0) is 6.07 Å². The number of phenols is 1. The third-order valence-corrected chi connectivity index (χ3v) is 2.04. The maximum absolute atomic E-state index is 9.42. The lowest BCUT2D eigenvalue weighted by Crippen LogP contribution is -2.06. The molecule has 1 aromatic carbocycles. The van der Waals surface area contributed by atoms with Crippen molar-refractivity contribution in [2.75, 3.05) is 0 Å². The van der Waals surface area contributed by atoms with Crippen molar-refractivity contribution in [3.8, 4) is 5.75 Å². The molecule has 2 radical (unpaired) electrons. The highest BCUT2D eigenvalue weighted by Gasteiger charge is 1.98. The first kappa shape index (κ1) is 7.60. The lowest BCUT2D eigenvalue weighted by Gasteiger charge is -2.00. The Balaban J connectivity index is 2.88. The van der Waals surface area contributed by atoms with Crippen LogP contribution in [0.25, 0.3) is 10.9 Å². The van der Waals surface area contributed by atoms with Crippen molar-refractivity contribution in [3.05, 3.63) is 30.3 Å². The van der Waals surface area contributed by atoms with E-state index in [1.165, 1.54) is 0 Å². The molecule has 0 unspecified atom stereocenters. The van der Waals surface area contributed by atoms with Crippen LogP contribution in [0.15, 0.2) is 30.3 Å². The number of aromatic hydroxyl groups is 1. The van der Waals surface area contributed by atoms with Crippen LogP contribution in [0.3, 0.4) is 0 Å². The Labute approximate surface area is 78.3 Å². The second-order valence-electron chi connectivity index (χ2n) is 2.58. The van der Waals surface area contributed by atoms with Crippen LogP contribution < -0.4 is 4.56 Å². The van der Waals surface area contributed by atoms with E-state index in [0.29, 0.717) is 5.52 Å². The van der Waals surface area contributed by atoms with Gasteiger partial charge in [-0.25, -0.2) is 0 Å². The smallest absolute Gasteiger partial charge is 0.209 e. The van der Waals surface area contributed by atoms with Crippen LogP contribution in [0.4, 0.5) is 0 Å². The molecule has 2 aromatic rings. The number of aromatic nitrogens is 1. The second-order valence-corrected chi connectivity index (χ2v) is 3.18. The first-order chi connectivity index (χ1) is 5.77. The number of phenolic OH excluding ortho intramolecular Hbond substituents is 1. The van der Waals surface area contributed by atoms with E-state index in [4.69, 9.17) is 0 Å². The van der Waals surface area contributed by atoms with E-state index < -0.39 is 0 Å². The molecule has 0 atom stereocenters. The molecule has 3 heteroatoms. The van der Waals surface area contributed by atoms with Gasteiger partial charge in [-0.1, -0.05) is 28.8 Å². The summed E-state index contributed by atoms with van der Waals surface area (Å²) in [4.78, 5) is 4.19. The van der Waals surface area contributed by atoms with E-state index in [0.717, 1.165) is 9.94 Å². The van der Waals surface area contributed by atoms with Crippen LogP contribution in [0.5, 0.6) is 5.75 Å². The second kappa shape index (κ2) is 2.78. The molecule has 2 rings (SSSR count). The fraction of sp³-hybridized carbons (Fsp3) is 0. The van der Waals surface area contributed by atoms with Gasteiger partial charge in [-0.15, -0.1) is 0 Å². The highest BCUT2D eigenvalue weighted by Crippen LogP contribution is 2.19. The fourth-order valence-corrected chi connectivity index (χ4v) is 1.37. The molecule has 0 aliphatic rings. The summed E-state index contributed by atoms with van der Waals surface area (Å²) in [6.45, 7) is 0. The van der Waals surface area contributed by atoms with E-state index >= 15 is 0 Å². The van der Waals surface area contributed by atoms with Gasteiger partial charge in [0.1, 0.15) is 11.3 Å². The number of para-hydroxylation sites is 1. The van der Waals surface area contributed by atoms with Crippen molar-refractivity contribution < 1.29 is 5.11 Å². The first-order valence-corrected chi connectivity index (χ1v) is 4.19. The Hall–Kier alpha value is -1.04. The molecule has 0 aliphatic heterocycles. The number of nitrogens with zero attached hydrogens (tertiary/aromatic N) is 1. The monoisotopic (exact) mass is 171 g/mol. The van der Waals surface area contributed by atoms with Gasteiger partial charge in [0.2, 0.25) is 16.3 Å². The summed E-state index contributed by atoms with van der Waals surface area (Å²) in [6, 6.07) is 9.20. The normalized spacial score (nSPS) is 10.3. The quantitative estimate of drug-likeness (QED) is 0.593. The summed E-state index contributed by atoms with van der Waals surface area (Å²) in [7, 11) is 0. The van der Waals surface area contributed by atoms with Crippen molar-refractivity contribution in [2.45, 2.75) is 0 Å². The molecule has 0 saturated carbocycles. The van der Waals surface area contributed by atoms with Gasteiger partial charge in [-0.2, -0.15) is 0 Å². The summed E-state index contributed by atoms with van der Waals surface area (Å²) in [5, 5.41) is 10.4. The molecule has 0 bridgehead atoms. The van der Waals surface area contributed by atoms with Gasteiger partial charge >= 0.3 is 0 Å². The number of pyridine rings is 1. The van der Waals surface area contributed by atoms with E-state index in [9.17, 15) is 5.11 Å². The van der Waals surface area contributed by atoms with Crippen LogP contribution in [0, 0.1) is 0 Å². The van der Waals surface area contributed by atoms with Crippen LogP contribution >= 0.6 is 0 Å². The highest BCUT2D eigenvalue weighted by atomic mass is 27.0. The third kappa shape index (κ3) is 1.18. The minimum Gasteiger partial charge on any atom is -0.506 e. The zero-order valence-corrected chi connectivity index (χ0v) is 7.51. The molecule has 0 saturated heterocycles. The van der Waals surface area contributed by atoms with Crippen molar-refractivity contribution in [1.29, 1.82) is 0 Å². The van der Waals surface area contributed by atoms with Gasteiger partial charge in [0.25, 0.3) is 0 Å². The average Bonchev–Trinajstić information content (AvgIpc) is 2.07. The van der Waals surface area contributed by atoms with Crippen LogP contribution in [0.1, 0.15) is 0 Å². The number of hydrogen-bond donors (Lipinski definition) is 1. The summed E-state index contributed by atoms with van der Waals surface area (Å²) >= 11 is 2.50. The van der Waals surface area contributed by atoms with E-state index in [-0.39, 0.29) is 5.75 Å². The lowest BCUT2D eigenvalue weighted by atomic mass is 10.2. The maximum Gasteiger partial charge on any atom is 0.209 e. The largest absolute Gasteiger partial charge is 0.506 e. The topological polar surface area (TPSA) is 33.1 Å². The molecule has 12 heavy (non-hydrogen) atoms. The van der Waals surface area contributed by atoms with Crippen molar-refractivity contribution in [2.24, 2.45) is 0 Å². The Morgan fingerprint density at radius 2 is 2.00 bits per heavy atom. The van der Waals surface area contributed by atoms with E-state index in [1.54, 1.807) is 6.07 Å². The molecule has 56 valence electrons. The van der Waals surface area contributed by atoms with Crippen molar-refractivity contribution in [3.63, 3.8) is 0 Å². The SMILES string of the molecule is Oc1cccc2cc[c]([Al])nc12.